The Morgan fingerprint density at radius 2 is 1.93 bits per heavy atom. The number of carboxylic acids is 1. The summed E-state index contributed by atoms with van der Waals surface area (Å²) in [5.74, 6) is -2.76. The average molecular weight is 675 g/mol. The molecule has 44 heavy (non-hydrogen) atoms. The molecular formula is C31H40BrN5O7. The van der Waals surface area contributed by atoms with E-state index in [0.29, 0.717) is 5.69 Å². The van der Waals surface area contributed by atoms with Crippen LogP contribution in [0.25, 0.3) is 0 Å². The van der Waals surface area contributed by atoms with Gasteiger partial charge in [0.15, 0.2) is 0 Å². The van der Waals surface area contributed by atoms with Gasteiger partial charge in [-0.15, -0.1) is 6.58 Å². The van der Waals surface area contributed by atoms with Gasteiger partial charge in [0.2, 0.25) is 11.8 Å². The Bertz CT molecular complexity index is 1370. The fourth-order valence-electron chi connectivity index (χ4n) is 6.54. The van der Waals surface area contributed by atoms with Gasteiger partial charge >= 0.3 is 18.1 Å². The van der Waals surface area contributed by atoms with Crippen molar-refractivity contribution in [1.29, 1.82) is 0 Å². The van der Waals surface area contributed by atoms with E-state index in [1.54, 1.807) is 25.7 Å². The number of para-hydroxylation sites is 1. The molecule has 0 bridgehead atoms. The van der Waals surface area contributed by atoms with Crippen LogP contribution in [0.3, 0.4) is 0 Å². The summed E-state index contributed by atoms with van der Waals surface area (Å²) in [5, 5.41) is 18.2. The number of halogens is 1. The van der Waals surface area contributed by atoms with Crippen molar-refractivity contribution in [3.63, 3.8) is 0 Å². The Hall–Kier alpha value is -3.61. The number of benzene rings is 1. The molecule has 2 aliphatic heterocycles. The Kier molecular flexibility index (Phi) is 8.71. The molecule has 5 rings (SSSR count). The summed E-state index contributed by atoms with van der Waals surface area (Å²) in [6.07, 6.45) is 4.37. The number of likely N-dealkylation sites (tertiary alicyclic amines) is 1. The average Bonchev–Trinajstić information content (AvgIpc) is 3.25. The van der Waals surface area contributed by atoms with Gasteiger partial charge in [0.25, 0.3) is 0 Å². The van der Waals surface area contributed by atoms with E-state index in [0.717, 1.165) is 35.7 Å². The van der Waals surface area contributed by atoms with Crippen molar-refractivity contribution in [2.45, 2.75) is 95.6 Å². The van der Waals surface area contributed by atoms with Crippen LogP contribution >= 0.6 is 15.9 Å². The summed E-state index contributed by atoms with van der Waals surface area (Å²) >= 11 is 3.47. The number of alkyl carbamates (subject to hydrolysis) is 1. The summed E-state index contributed by atoms with van der Waals surface area (Å²) in [6, 6.07) is 2.53. The lowest BCUT2D eigenvalue weighted by molar-refractivity contribution is -0.146. The molecule has 12 nitrogen and oxygen atoms in total. The predicted molar refractivity (Wildman–Crippen MR) is 165 cm³/mol. The Morgan fingerprint density at radius 1 is 1.23 bits per heavy atom. The zero-order chi connectivity index (χ0) is 32.0. The molecule has 1 aromatic carbocycles. The molecule has 1 aromatic rings. The van der Waals surface area contributed by atoms with Crippen molar-refractivity contribution in [2.24, 2.45) is 11.3 Å². The highest BCUT2D eigenvalue weighted by Crippen LogP contribution is 2.45. The highest BCUT2D eigenvalue weighted by molar-refractivity contribution is 9.10. The maximum absolute atomic E-state index is 14.3. The SMILES string of the molecule is C=C[C@@H]1CC1(NC(=O)[C@@H]1C[C@@H](N2Cc3cccc(Br)c3NC2=O)CN1C(=O)[C@H](NC(=O)OC1CCCC1)C(C)(C)C)C(=O)O. The molecule has 3 fully saturated rings. The number of fused-ring (bicyclic) bond motifs is 1. The molecule has 1 saturated heterocycles. The van der Waals surface area contributed by atoms with Gasteiger partial charge < -0.3 is 35.6 Å². The number of hydrogen-bond acceptors (Lipinski definition) is 6. The molecule has 2 saturated carbocycles. The fourth-order valence-corrected chi connectivity index (χ4v) is 7.05. The van der Waals surface area contributed by atoms with E-state index < -0.39 is 58.9 Å². The predicted octanol–water partition coefficient (Wildman–Crippen LogP) is 4.00. The lowest BCUT2D eigenvalue weighted by Gasteiger charge is -2.36. The third kappa shape index (κ3) is 6.15. The molecule has 2 aliphatic carbocycles. The first-order chi connectivity index (χ1) is 20.7. The van der Waals surface area contributed by atoms with Crippen LogP contribution < -0.4 is 16.0 Å². The highest BCUT2D eigenvalue weighted by Gasteiger charge is 2.61. The summed E-state index contributed by atoms with van der Waals surface area (Å²) < 4.78 is 6.33. The summed E-state index contributed by atoms with van der Waals surface area (Å²) in [6.45, 7) is 9.37. The number of carbonyl (C=O) groups excluding carboxylic acids is 4. The van der Waals surface area contributed by atoms with Crippen LogP contribution in [-0.2, 0) is 25.7 Å². The van der Waals surface area contributed by atoms with Crippen LogP contribution in [0.5, 0.6) is 0 Å². The summed E-state index contributed by atoms with van der Waals surface area (Å²) in [5.41, 5.74) is -0.720. The van der Waals surface area contributed by atoms with Crippen LogP contribution in [-0.4, -0.2) is 81.1 Å². The third-order valence-corrected chi connectivity index (χ3v) is 9.88. The zero-order valence-electron chi connectivity index (χ0n) is 25.2. The van der Waals surface area contributed by atoms with E-state index in [2.05, 4.69) is 38.5 Å². The number of nitrogens with zero attached hydrogens (tertiary/aromatic N) is 2. The maximum Gasteiger partial charge on any atom is 0.408 e. The number of carbonyl (C=O) groups is 5. The van der Waals surface area contributed by atoms with Gasteiger partial charge in [-0.25, -0.2) is 14.4 Å². The van der Waals surface area contributed by atoms with E-state index in [9.17, 15) is 29.1 Å². The van der Waals surface area contributed by atoms with Gasteiger partial charge in [0.1, 0.15) is 23.7 Å². The number of carboxylic acid groups (broad SMARTS) is 1. The molecule has 0 radical (unpaired) electrons. The number of ether oxygens (including phenoxy) is 1. The smallest absolute Gasteiger partial charge is 0.408 e. The Morgan fingerprint density at radius 3 is 2.55 bits per heavy atom. The number of amides is 5. The normalized spacial score (nSPS) is 27.2. The second-order valence-electron chi connectivity index (χ2n) is 13.3. The van der Waals surface area contributed by atoms with Crippen molar-refractivity contribution in [3.05, 3.63) is 40.9 Å². The molecule has 0 aromatic heterocycles. The van der Waals surface area contributed by atoms with Gasteiger partial charge in [-0.05, 0) is 71.5 Å². The topological polar surface area (TPSA) is 157 Å². The molecular weight excluding hydrogens is 634 g/mol. The van der Waals surface area contributed by atoms with Gasteiger partial charge in [0, 0.05) is 23.5 Å². The van der Waals surface area contributed by atoms with Crippen molar-refractivity contribution >= 4 is 51.5 Å². The van der Waals surface area contributed by atoms with Gasteiger partial charge in [-0.1, -0.05) is 39.0 Å². The van der Waals surface area contributed by atoms with Crippen LogP contribution in [0.4, 0.5) is 15.3 Å². The molecule has 238 valence electrons. The van der Waals surface area contributed by atoms with E-state index in [1.807, 2.05) is 18.2 Å². The maximum atomic E-state index is 14.3. The number of urea groups is 1. The molecule has 13 heteroatoms. The molecule has 5 atom stereocenters. The number of anilines is 1. The van der Waals surface area contributed by atoms with Gasteiger partial charge in [-0.2, -0.15) is 0 Å². The Balaban J connectivity index is 1.41. The molecule has 4 N–H and O–H groups in total. The van der Waals surface area contributed by atoms with Crippen LogP contribution in [0, 0.1) is 11.3 Å². The largest absolute Gasteiger partial charge is 0.479 e. The lowest BCUT2D eigenvalue weighted by Crippen LogP contribution is -2.59. The number of rotatable bonds is 8. The first-order valence-corrected chi connectivity index (χ1v) is 15.8. The first-order valence-electron chi connectivity index (χ1n) is 15.1. The third-order valence-electron chi connectivity index (χ3n) is 9.22. The molecule has 2 heterocycles. The van der Waals surface area contributed by atoms with E-state index in [-0.39, 0.29) is 38.1 Å². The van der Waals surface area contributed by atoms with E-state index in [4.69, 9.17) is 4.74 Å². The monoisotopic (exact) mass is 673 g/mol. The number of aliphatic carboxylic acids is 1. The second-order valence-corrected chi connectivity index (χ2v) is 14.1. The molecule has 5 amide bonds. The van der Waals surface area contributed by atoms with Crippen LogP contribution in [0.15, 0.2) is 35.3 Å². The summed E-state index contributed by atoms with van der Waals surface area (Å²) in [7, 11) is 0. The van der Waals surface area contributed by atoms with Crippen LogP contribution in [0.2, 0.25) is 0 Å². The van der Waals surface area contributed by atoms with Crippen molar-refractivity contribution in [2.75, 3.05) is 11.9 Å². The second kappa shape index (κ2) is 12.1. The molecule has 0 spiro atoms. The van der Waals surface area contributed by atoms with Crippen molar-refractivity contribution in [1.82, 2.24) is 20.4 Å². The Labute approximate surface area is 265 Å². The molecule has 4 aliphatic rings. The molecule has 1 unspecified atom stereocenters. The van der Waals surface area contributed by atoms with Crippen LogP contribution in [0.1, 0.15) is 64.9 Å². The number of nitrogens with one attached hydrogen (secondary N) is 3. The van der Waals surface area contributed by atoms with Gasteiger partial charge in [0.05, 0.1) is 11.7 Å². The number of hydrogen-bond donors (Lipinski definition) is 4. The van der Waals surface area contributed by atoms with Gasteiger partial charge in [-0.3, -0.25) is 9.59 Å². The standard InChI is InChI=1S/C31H40BrN5O7/c1-5-18-14-31(18,27(40)41)35-25(38)22-13-19(36-15-17-9-8-12-21(32)23(17)33-28(36)42)16-37(22)26(39)24(30(2,3)4)34-29(43)44-20-10-6-7-11-20/h5,8-9,12,18-20,22,24H,1,6-7,10-11,13-16H2,2-4H3,(H,33,42)(H,34,43)(H,35,38)(H,40,41)/t18-,19-,22+,24+,31?/m1/s1. The highest BCUT2D eigenvalue weighted by atomic mass is 79.9. The summed E-state index contributed by atoms with van der Waals surface area (Å²) in [4.78, 5) is 69.4. The first kappa shape index (κ1) is 31.8. The van der Waals surface area contributed by atoms with E-state index >= 15 is 0 Å². The zero-order valence-corrected chi connectivity index (χ0v) is 26.8. The van der Waals surface area contributed by atoms with Crippen molar-refractivity contribution < 1.29 is 33.8 Å². The fraction of sp³-hybridized carbons (Fsp3) is 0.581. The lowest BCUT2D eigenvalue weighted by atomic mass is 9.85. The van der Waals surface area contributed by atoms with E-state index in [1.165, 1.54) is 11.0 Å². The van der Waals surface area contributed by atoms with Crippen molar-refractivity contribution in [3.8, 4) is 0 Å². The quantitative estimate of drug-likeness (QED) is 0.304. The minimum Gasteiger partial charge on any atom is -0.479 e. The minimum atomic E-state index is -1.49. The minimum absolute atomic E-state index is 0.0184.